The van der Waals surface area contributed by atoms with Crippen LogP contribution in [0.4, 0.5) is 0 Å². The number of amides is 1. The van der Waals surface area contributed by atoms with E-state index in [0.717, 1.165) is 5.39 Å². The molecule has 1 aromatic carbocycles. The lowest BCUT2D eigenvalue weighted by Gasteiger charge is -2.10. The number of carboxylic acids is 1. The summed E-state index contributed by atoms with van der Waals surface area (Å²) in [4.78, 5) is 24.1. The Morgan fingerprint density at radius 3 is 2.65 bits per heavy atom. The summed E-state index contributed by atoms with van der Waals surface area (Å²) in [7, 11) is 3.33. The van der Waals surface area contributed by atoms with Crippen LogP contribution in [0, 0.1) is 0 Å². The molecule has 0 aliphatic carbocycles. The zero-order valence-corrected chi connectivity index (χ0v) is 11.3. The number of nitrogens with zero attached hydrogens (tertiary/aromatic N) is 1. The van der Waals surface area contributed by atoms with Gasteiger partial charge >= 0.3 is 5.97 Å². The normalized spacial score (nSPS) is 10.7. The van der Waals surface area contributed by atoms with Gasteiger partial charge in [0.1, 0.15) is 5.58 Å². The van der Waals surface area contributed by atoms with Gasteiger partial charge < -0.3 is 19.7 Å². The molecule has 0 atom stereocenters. The first-order valence-electron chi connectivity index (χ1n) is 6.15. The van der Waals surface area contributed by atoms with Crippen LogP contribution in [0.1, 0.15) is 16.1 Å². The van der Waals surface area contributed by atoms with Crippen molar-refractivity contribution in [1.29, 1.82) is 0 Å². The predicted molar refractivity (Wildman–Crippen MR) is 73.6 cm³/mol. The van der Waals surface area contributed by atoms with E-state index < -0.39 is 5.97 Å². The van der Waals surface area contributed by atoms with E-state index in [2.05, 4.69) is 5.32 Å². The number of aromatic carboxylic acids is 1. The van der Waals surface area contributed by atoms with Gasteiger partial charge in [-0.15, -0.1) is 0 Å². The molecule has 0 saturated heterocycles. The summed E-state index contributed by atoms with van der Waals surface area (Å²) in [5.74, 6) is -1.28. The van der Waals surface area contributed by atoms with Gasteiger partial charge in [-0.25, -0.2) is 4.79 Å². The van der Waals surface area contributed by atoms with Crippen LogP contribution in [0.3, 0.4) is 0 Å². The Morgan fingerprint density at radius 1 is 1.30 bits per heavy atom. The number of hydrogen-bond donors (Lipinski definition) is 2. The first-order chi connectivity index (χ1) is 9.50. The number of nitrogens with one attached hydrogen (secondary N) is 1. The van der Waals surface area contributed by atoms with Crippen molar-refractivity contribution < 1.29 is 19.1 Å². The summed E-state index contributed by atoms with van der Waals surface area (Å²) in [6, 6.07) is 7.12. The second-order valence-electron chi connectivity index (χ2n) is 4.60. The minimum Gasteiger partial charge on any atom is -0.475 e. The number of rotatable bonds is 5. The quantitative estimate of drug-likeness (QED) is 0.860. The molecular weight excluding hydrogens is 260 g/mol. The van der Waals surface area contributed by atoms with Crippen LogP contribution < -0.4 is 5.32 Å². The fraction of sp³-hybridized carbons (Fsp3) is 0.286. The average Bonchev–Trinajstić information content (AvgIpc) is 2.78. The van der Waals surface area contributed by atoms with Crippen LogP contribution in [-0.2, 0) is 11.3 Å². The van der Waals surface area contributed by atoms with E-state index in [1.807, 2.05) is 6.07 Å². The van der Waals surface area contributed by atoms with E-state index >= 15 is 0 Å². The molecule has 20 heavy (non-hydrogen) atoms. The minimum absolute atomic E-state index is 0.0744. The smallest absolute Gasteiger partial charge is 0.372 e. The molecule has 0 saturated carbocycles. The third-order valence-corrected chi connectivity index (χ3v) is 2.97. The highest BCUT2D eigenvalue weighted by atomic mass is 16.4. The average molecular weight is 276 g/mol. The number of para-hydroxylation sites is 1. The molecule has 2 rings (SSSR count). The van der Waals surface area contributed by atoms with E-state index in [9.17, 15) is 9.59 Å². The standard InChI is InChI=1S/C14H16N2O4/c1-16(2)12(17)8-15-7-10-9-5-3-4-6-11(9)20-13(10)14(18)19/h3-6,15H,7-8H2,1-2H3,(H,18,19). The number of hydrogen-bond acceptors (Lipinski definition) is 4. The largest absolute Gasteiger partial charge is 0.475 e. The monoisotopic (exact) mass is 276 g/mol. The number of benzene rings is 1. The molecule has 2 aromatic rings. The third-order valence-electron chi connectivity index (χ3n) is 2.97. The van der Waals surface area contributed by atoms with Gasteiger partial charge in [-0.1, -0.05) is 18.2 Å². The molecular formula is C14H16N2O4. The van der Waals surface area contributed by atoms with E-state index in [1.54, 1.807) is 32.3 Å². The molecule has 2 N–H and O–H groups in total. The lowest BCUT2D eigenvalue weighted by molar-refractivity contribution is -0.127. The summed E-state index contributed by atoms with van der Waals surface area (Å²) < 4.78 is 5.33. The molecule has 0 fully saturated rings. The maximum absolute atomic E-state index is 11.5. The Hall–Kier alpha value is -2.34. The van der Waals surface area contributed by atoms with Crippen LogP contribution >= 0.6 is 0 Å². The lowest BCUT2D eigenvalue weighted by atomic mass is 10.1. The van der Waals surface area contributed by atoms with Crippen molar-refractivity contribution in [3.8, 4) is 0 Å². The molecule has 6 nitrogen and oxygen atoms in total. The van der Waals surface area contributed by atoms with Crippen molar-refractivity contribution in [2.75, 3.05) is 20.6 Å². The molecule has 0 aliphatic heterocycles. The van der Waals surface area contributed by atoms with Crippen molar-refractivity contribution in [1.82, 2.24) is 10.2 Å². The second kappa shape index (κ2) is 5.75. The van der Waals surface area contributed by atoms with E-state index in [-0.39, 0.29) is 24.8 Å². The number of furan rings is 1. The van der Waals surface area contributed by atoms with Crippen LogP contribution in [0.15, 0.2) is 28.7 Å². The summed E-state index contributed by atoms with van der Waals surface area (Å²) in [6.07, 6.45) is 0. The number of carboxylic acid groups (broad SMARTS) is 1. The molecule has 0 bridgehead atoms. The molecule has 1 aromatic heterocycles. The van der Waals surface area contributed by atoms with Gasteiger partial charge in [0.25, 0.3) is 0 Å². The predicted octanol–water partition coefficient (Wildman–Crippen LogP) is 1.31. The number of carbonyl (C=O) groups is 2. The van der Waals surface area contributed by atoms with Crippen molar-refractivity contribution in [3.05, 3.63) is 35.6 Å². The van der Waals surface area contributed by atoms with Crippen molar-refractivity contribution in [2.24, 2.45) is 0 Å². The number of likely N-dealkylation sites (N-methyl/N-ethyl adjacent to an activating group) is 1. The molecule has 0 aliphatic rings. The Kier molecular flexibility index (Phi) is 4.05. The van der Waals surface area contributed by atoms with Gasteiger partial charge in [0.2, 0.25) is 11.7 Å². The Morgan fingerprint density at radius 2 is 2.00 bits per heavy atom. The highest BCUT2D eigenvalue weighted by Gasteiger charge is 2.19. The van der Waals surface area contributed by atoms with Gasteiger partial charge in [-0.3, -0.25) is 4.79 Å². The summed E-state index contributed by atoms with van der Waals surface area (Å²) >= 11 is 0. The van der Waals surface area contributed by atoms with Gasteiger partial charge in [0.15, 0.2) is 0 Å². The maximum Gasteiger partial charge on any atom is 0.372 e. The molecule has 0 unspecified atom stereocenters. The fourth-order valence-corrected chi connectivity index (χ4v) is 1.90. The van der Waals surface area contributed by atoms with Crippen molar-refractivity contribution in [2.45, 2.75) is 6.54 Å². The van der Waals surface area contributed by atoms with Crippen molar-refractivity contribution in [3.63, 3.8) is 0 Å². The summed E-state index contributed by atoms with van der Waals surface area (Å²) in [5.41, 5.74) is 1.08. The Labute approximate surface area is 116 Å². The highest BCUT2D eigenvalue weighted by Crippen LogP contribution is 2.25. The Balaban J connectivity index is 2.21. The SMILES string of the molecule is CN(C)C(=O)CNCc1c(C(=O)O)oc2ccccc12. The topological polar surface area (TPSA) is 82.8 Å². The fourth-order valence-electron chi connectivity index (χ4n) is 1.90. The highest BCUT2D eigenvalue weighted by molar-refractivity contribution is 5.95. The van der Waals surface area contributed by atoms with Crippen LogP contribution in [0.5, 0.6) is 0 Å². The first-order valence-corrected chi connectivity index (χ1v) is 6.15. The van der Waals surface area contributed by atoms with Crippen LogP contribution in [0.25, 0.3) is 11.0 Å². The van der Waals surface area contributed by atoms with E-state index in [0.29, 0.717) is 11.1 Å². The third kappa shape index (κ3) is 2.80. The Bertz CT molecular complexity index is 646. The maximum atomic E-state index is 11.5. The van der Waals surface area contributed by atoms with Crippen LogP contribution in [0.2, 0.25) is 0 Å². The zero-order chi connectivity index (χ0) is 14.7. The number of carbonyl (C=O) groups excluding carboxylic acids is 1. The van der Waals surface area contributed by atoms with E-state index in [1.165, 1.54) is 4.90 Å². The molecule has 1 heterocycles. The summed E-state index contributed by atoms with van der Waals surface area (Å²) in [5, 5.41) is 12.9. The van der Waals surface area contributed by atoms with Crippen LogP contribution in [-0.4, -0.2) is 42.5 Å². The van der Waals surface area contributed by atoms with Gasteiger partial charge in [0, 0.05) is 31.6 Å². The zero-order valence-electron chi connectivity index (χ0n) is 11.3. The molecule has 1 amide bonds. The molecule has 0 spiro atoms. The molecule has 6 heteroatoms. The first kappa shape index (κ1) is 14.1. The van der Waals surface area contributed by atoms with Gasteiger partial charge in [-0.2, -0.15) is 0 Å². The van der Waals surface area contributed by atoms with Gasteiger partial charge in [0.05, 0.1) is 6.54 Å². The minimum atomic E-state index is -1.11. The molecule has 0 radical (unpaired) electrons. The lowest BCUT2D eigenvalue weighted by Crippen LogP contribution is -2.32. The second-order valence-corrected chi connectivity index (χ2v) is 4.60. The summed E-state index contributed by atoms with van der Waals surface area (Å²) in [6.45, 7) is 0.407. The number of fused-ring (bicyclic) bond motifs is 1. The van der Waals surface area contributed by atoms with Gasteiger partial charge in [-0.05, 0) is 6.07 Å². The van der Waals surface area contributed by atoms with Crippen molar-refractivity contribution >= 4 is 22.8 Å². The molecule has 106 valence electrons. The van der Waals surface area contributed by atoms with E-state index in [4.69, 9.17) is 9.52 Å².